The van der Waals surface area contributed by atoms with E-state index < -0.39 is 23.9 Å². The molecule has 0 fully saturated rings. The van der Waals surface area contributed by atoms with Crippen LogP contribution in [0.1, 0.15) is 67.5 Å². The Hall–Kier alpha value is -4.22. The Kier molecular flexibility index (Phi) is 10.8. The zero-order valence-corrected chi connectivity index (χ0v) is 21.2. The number of H-pyrrole nitrogens is 2. The molecule has 0 radical (unpaired) electrons. The first-order valence-electron chi connectivity index (χ1n) is 11.4. The quantitative estimate of drug-likeness (QED) is 0.210. The molecule has 0 aliphatic rings. The summed E-state index contributed by atoms with van der Waals surface area (Å²) in [5.41, 5.74) is 3.17. The molecule has 2 aromatic rings. The van der Waals surface area contributed by atoms with Crippen molar-refractivity contribution in [2.24, 2.45) is 0 Å². The summed E-state index contributed by atoms with van der Waals surface area (Å²) in [6.45, 7) is 0. The van der Waals surface area contributed by atoms with Gasteiger partial charge in [-0.3, -0.25) is 28.8 Å². The summed E-state index contributed by atoms with van der Waals surface area (Å²) in [5.74, 6) is -2.11. The highest BCUT2D eigenvalue weighted by Crippen LogP contribution is 2.28. The summed E-state index contributed by atoms with van der Waals surface area (Å²) in [5, 5.41) is 0. The van der Waals surface area contributed by atoms with E-state index in [1.807, 2.05) is 0 Å². The number of carbonyl (C=O) groups excluding carboxylic acids is 6. The molecule has 0 unspecified atom stereocenters. The minimum Gasteiger partial charge on any atom is -0.469 e. The third-order valence-corrected chi connectivity index (χ3v) is 5.98. The molecule has 2 heterocycles. The first-order valence-corrected chi connectivity index (χ1v) is 11.4. The Morgan fingerprint density at radius 2 is 0.946 bits per heavy atom. The molecule has 2 N–H and O–H groups in total. The average molecular weight is 519 g/mol. The normalized spacial score (nSPS) is 10.5. The van der Waals surface area contributed by atoms with Crippen molar-refractivity contribution in [3.63, 3.8) is 0 Å². The summed E-state index contributed by atoms with van der Waals surface area (Å²) in [7, 11) is 4.95. The van der Waals surface area contributed by atoms with Crippen LogP contribution in [0.4, 0.5) is 0 Å². The second kappa shape index (κ2) is 13.8. The number of aromatic amines is 2. The van der Waals surface area contributed by atoms with Gasteiger partial charge in [-0.1, -0.05) is 0 Å². The van der Waals surface area contributed by atoms with Crippen LogP contribution in [0.2, 0.25) is 0 Å². The van der Waals surface area contributed by atoms with Crippen LogP contribution in [0.5, 0.6) is 0 Å². The second-order valence-corrected chi connectivity index (χ2v) is 8.02. The molecule has 2 aromatic heterocycles. The number of aldehydes is 2. The van der Waals surface area contributed by atoms with Crippen LogP contribution in [0.25, 0.3) is 0 Å². The lowest BCUT2D eigenvalue weighted by Crippen LogP contribution is -2.10. The molecule has 200 valence electrons. The Labute approximate surface area is 213 Å². The van der Waals surface area contributed by atoms with Gasteiger partial charge in [0.2, 0.25) is 0 Å². The number of rotatable bonds is 14. The lowest BCUT2D eigenvalue weighted by molar-refractivity contribution is -0.141. The van der Waals surface area contributed by atoms with Crippen LogP contribution in [0.15, 0.2) is 0 Å². The number of nitrogens with one attached hydrogen (secondary N) is 2. The highest BCUT2D eigenvalue weighted by atomic mass is 16.5. The molecule has 0 aromatic carbocycles. The molecular formula is C25H30N2O10. The maximum atomic E-state index is 12.0. The lowest BCUT2D eigenvalue weighted by Gasteiger charge is -2.10. The smallest absolute Gasteiger partial charge is 0.310 e. The highest BCUT2D eigenvalue weighted by molar-refractivity contribution is 5.83. The van der Waals surface area contributed by atoms with Gasteiger partial charge >= 0.3 is 23.9 Å². The van der Waals surface area contributed by atoms with Gasteiger partial charge in [-0.25, -0.2) is 0 Å². The van der Waals surface area contributed by atoms with Crippen LogP contribution in [0.3, 0.4) is 0 Å². The molecule has 0 saturated carbocycles. The fraction of sp³-hybridized carbons (Fsp3) is 0.440. The molecule has 2 rings (SSSR count). The Balaban J connectivity index is 2.62. The van der Waals surface area contributed by atoms with Gasteiger partial charge in [0, 0.05) is 30.7 Å². The third-order valence-electron chi connectivity index (χ3n) is 5.98. The molecule has 12 nitrogen and oxygen atoms in total. The Bertz CT molecular complexity index is 1080. The van der Waals surface area contributed by atoms with E-state index in [9.17, 15) is 28.8 Å². The zero-order valence-electron chi connectivity index (χ0n) is 21.2. The SMILES string of the molecule is COC(=O)CCc1c(Cc2[nH]c(C=O)c(CC(=O)OC)c2CCC(=O)OC)[nH]c(C=O)c1CC(=O)OC. The van der Waals surface area contributed by atoms with E-state index in [4.69, 9.17) is 18.9 Å². The molecule has 0 bridgehead atoms. The lowest BCUT2D eigenvalue weighted by atomic mass is 9.96. The number of hydrogen-bond donors (Lipinski definition) is 2. The van der Waals surface area contributed by atoms with Gasteiger partial charge in [0.15, 0.2) is 12.6 Å². The van der Waals surface area contributed by atoms with Crippen molar-refractivity contribution in [3.8, 4) is 0 Å². The number of ether oxygens (including phenoxy) is 4. The largest absolute Gasteiger partial charge is 0.469 e. The van der Waals surface area contributed by atoms with Crippen molar-refractivity contribution in [2.45, 2.75) is 44.9 Å². The van der Waals surface area contributed by atoms with E-state index in [1.165, 1.54) is 28.4 Å². The first kappa shape index (κ1) is 29.0. The van der Waals surface area contributed by atoms with Crippen molar-refractivity contribution in [1.82, 2.24) is 9.97 Å². The van der Waals surface area contributed by atoms with E-state index in [-0.39, 0.29) is 56.3 Å². The zero-order chi connectivity index (χ0) is 27.5. The maximum absolute atomic E-state index is 12.0. The summed E-state index contributed by atoms with van der Waals surface area (Å²) < 4.78 is 19.0. The molecule has 0 spiro atoms. The van der Waals surface area contributed by atoms with Gasteiger partial charge in [0.05, 0.1) is 52.7 Å². The fourth-order valence-corrected chi connectivity index (χ4v) is 4.09. The molecule has 0 atom stereocenters. The number of esters is 4. The van der Waals surface area contributed by atoms with E-state index >= 15 is 0 Å². The minimum atomic E-state index is -0.574. The van der Waals surface area contributed by atoms with Crippen LogP contribution in [0, 0.1) is 0 Å². The van der Waals surface area contributed by atoms with Crippen LogP contribution < -0.4 is 0 Å². The molecular weight excluding hydrogens is 488 g/mol. The van der Waals surface area contributed by atoms with Crippen molar-refractivity contribution in [1.29, 1.82) is 0 Å². The molecule has 37 heavy (non-hydrogen) atoms. The third kappa shape index (κ3) is 7.38. The number of carbonyl (C=O) groups is 6. The topological polar surface area (TPSA) is 171 Å². The van der Waals surface area contributed by atoms with Crippen LogP contribution in [-0.2, 0) is 70.2 Å². The van der Waals surface area contributed by atoms with E-state index in [0.717, 1.165) is 0 Å². The minimum absolute atomic E-state index is 0.0130. The summed E-state index contributed by atoms with van der Waals surface area (Å²) >= 11 is 0. The van der Waals surface area contributed by atoms with Gasteiger partial charge in [0.25, 0.3) is 0 Å². The van der Waals surface area contributed by atoms with E-state index in [2.05, 4.69) is 9.97 Å². The van der Waals surface area contributed by atoms with Crippen molar-refractivity contribution in [3.05, 3.63) is 45.0 Å². The van der Waals surface area contributed by atoms with Gasteiger partial charge in [0.1, 0.15) is 0 Å². The molecule has 0 saturated heterocycles. The van der Waals surface area contributed by atoms with Gasteiger partial charge in [-0.2, -0.15) is 0 Å². The summed E-state index contributed by atoms with van der Waals surface area (Å²) in [6.07, 6.45) is 1.12. The monoisotopic (exact) mass is 518 g/mol. The van der Waals surface area contributed by atoms with Crippen molar-refractivity contribution < 1.29 is 47.7 Å². The van der Waals surface area contributed by atoms with Crippen molar-refractivity contribution in [2.75, 3.05) is 28.4 Å². The predicted molar refractivity (Wildman–Crippen MR) is 127 cm³/mol. The van der Waals surface area contributed by atoms with Gasteiger partial charge in [-0.05, 0) is 35.1 Å². The molecule has 0 amide bonds. The van der Waals surface area contributed by atoms with Gasteiger partial charge < -0.3 is 28.9 Å². The van der Waals surface area contributed by atoms with E-state index in [1.54, 1.807) is 0 Å². The summed E-state index contributed by atoms with van der Waals surface area (Å²) in [4.78, 5) is 77.4. The second-order valence-electron chi connectivity index (χ2n) is 8.02. The number of aromatic nitrogens is 2. The Morgan fingerprint density at radius 3 is 1.24 bits per heavy atom. The first-order chi connectivity index (χ1) is 17.7. The molecule has 0 aliphatic carbocycles. The number of hydrogen-bond acceptors (Lipinski definition) is 10. The average Bonchev–Trinajstić information content (AvgIpc) is 3.41. The van der Waals surface area contributed by atoms with E-state index in [0.29, 0.717) is 46.2 Å². The van der Waals surface area contributed by atoms with Gasteiger partial charge in [-0.15, -0.1) is 0 Å². The predicted octanol–water partition coefficient (Wildman–Crippen LogP) is 1.20. The van der Waals surface area contributed by atoms with Crippen LogP contribution >= 0.6 is 0 Å². The fourth-order valence-electron chi connectivity index (χ4n) is 4.09. The highest BCUT2D eigenvalue weighted by Gasteiger charge is 2.25. The standard InChI is InChI=1S/C25H30N2O10/c1-34-22(30)7-5-14-16(9-24(32)36-3)20(12-28)26-18(14)11-19-15(6-8-23(31)35-2)17(10-25(33)37-4)21(13-29)27-19/h12-13,26-27H,5-11H2,1-4H3. The van der Waals surface area contributed by atoms with Crippen molar-refractivity contribution >= 4 is 36.4 Å². The Morgan fingerprint density at radius 1 is 0.595 bits per heavy atom. The molecule has 0 aliphatic heterocycles. The summed E-state index contributed by atoms with van der Waals surface area (Å²) in [6, 6.07) is 0. The van der Waals surface area contributed by atoms with Crippen LogP contribution in [-0.4, -0.2) is 74.9 Å². The molecule has 12 heteroatoms. The number of methoxy groups -OCH3 is 4. The maximum Gasteiger partial charge on any atom is 0.310 e.